The first-order valence-electron chi connectivity index (χ1n) is 5.58. The van der Waals surface area contributed by atoms with Crippen LogP contribution in [-0.2, 0) is 11.3 Å². The maximum Gasteiger partial charge on any atom is 0.223 e. The van der Waals surface area contributed by atoms with E-state index >= 15 is 0 Å². The lowest BCUT2D eigenvalue weighted by atomic mass is 9.81. The third-order valence-corrected chi connectivity index (χ3v) is 2.88. The number of carbonyl (C=O) groups excluding carboxylic acids is 1. The molecular weight excluding hydrogens is 200 g/mol. The van der Waals surface area contributed by atoms with E-state index in [4.69, 9.17) is 0 Å². The number of nitrogens with one attached hydrogen (secondary N) is 1. The highest BCUT2D eigenvalue weighted by molar-refractivity contribution is 5.78. The van der Waals surface area contributed by atoms with Crippen LogP contribution in [0, 0.1) is 11.3 Å². The van der Waals surface area contributed by atoms with Crippen LogP contribution < -0.4 is 5.32 Å². The lowest BCUT2D eigenvalue weighted by Gasteiger charge is -2.26. The van der Waals surface area contributed by atoms with Crippen LogP contribution in [-0.4, -0.2) is 10.9 Å². The molecule has 1 aromatic heterocycles. The van der Waals surface area contributed by atoms with Crippen LogP contribution in [0.15, 0.2) is 24.5 Å². The van der Waals surface area contributed by atoms with E-state index in [0.29, 0.717) is 6.54 Å². The molecule has 0 bridgehead atoms. The van der Waals surface area contributed by atoms with E-state index in [0.717, 1.165) is 5.56 Å². The van der Waals surface area contributed by atoms with Crippen molar-refractivity contribution in [2.24, 2.45) is 11.3 Å². The van der Waals surface area contributed by atoms with Crippen LogP contribution in [0.1, 0.15) is 33.3 Å². The number of carbonyl (C=O) groups is 1. The smallest absolute Gasteiger partial charge is 0.223 e. The summed E-state index contributed by atoms with van der Waals surface area (Å²) in [5.41, 5.74) is 1.02. The summed E-state index contributed by atoms with van der Waals surface area (Å²) in [4.78, 5) is 15.8. The van der Waals surface area contributed by atoms with Gasteiger partial charge < -0.3 is 5.32 Å². The van der Waals surface area contributed by atoms with Crippen molar-refractivity contribution < 1.29 is 4.79 Å². The SMILES string of the molecule is CC(C(=O)NCc1cccnc1)C(C)(C)C. The summed E-state index contributed by atoms with van der Waals surface area (Å²) in [5, 5.41) is 2.93. The first-order chi connectivity index (χ1) is 7.41. The Balaban J connectivity index is 2.48. The number of amides is 1. The standard InChI is InChI=1S/C13H20N2O/c1-10(13(2,3)4)12(16)15-9-11-6-5-7-14-8-11/h5-8,10H,9H2,1-4H3,(H,15,16). The van der Waals surface area contributed by atoms with E-state index in [2.05, 4.69) is 31.1 Å². The third kappa shape index (κ3) is 3.65. The van der Waals surface area contributed by atoms with Gasteiger partial charge in [0.05, 0.1) is 0 Å². The molecule has 0 aliphatic heterocycles. The van der Waals surface area contributed by atoms with E-state index in [-0.39, 0.29) is 17.2 Å². The molecule has 0 saturated heterocycles. The van der Waals surface area contributed by atoms with Crippen LogP contribution >= 0.6 is 0 Å². The summed E-state index contributed by atoms with van der Waals surface area (Å²) in [6.07, 6.45) is 3.49. The van der Waals surface area contributed by atoms with Crippen LogP contribution in [0.25, 0.3) is 0 Å². The Morgan fingerprint density at radius 1 is 1.50 bits per heavy atom. The highest BCUT2D eigenvalue weighted by Crippen LogP contribution is 2.25. The second kappa shape index (κ2) is 5.10. The Morgan fingerprint density at radius 3 is 2.69 bits per heavy atom. The molecule has 0 saturated carbocycles. The molecule has 16 heavy (non-hydrogen) atoms. The van der Waals surface area contributed by atoms with Crippen molar-refractivity contribution in [2.45, 2.75) is 34.2 Å². The van der Waals surface area contributed by atoms with Crippen molar-refractivity contribution in [2.75, 3.05) is 0 Å². The van der Waals surface area contributed by atoms with Gasteiger partial charge in [-0.05, 0) is 17.0 Å². The Kier molecular flexibility index (Phi) is 4.05. The Hall–Kier alpha value is -1.38. The van der Waals surface area contributed by atoms with Gasteiger partial charge in [-0.1, -0.05) is 33.8 Å². The van der Waals surface area contributed by atoms with Crippen LogP contribution in [0.5, 0.6) is 0 Å². The number of hydrogen-bond acceptors (Lipinski definition) is 2. The van der Waals surface area contributed by atoms with Crippen molar-refractivity contribution in [1.82, 2.24) is 10.3 Å². The first-order valence-corrected chi connectivity index (χ1v) is 5.58. The molecule has 0 aliphatic rings. The van der Waals surface area contributed by atoms with Crippen LogP contribution in [0.4, 0.5) is 0 Å². The second-order valence-electron chi connectivity index (χ2n) is 5.17. The van der Waals surface area contributed by atoms with Gasteiger partial charge in [0.2, 0.25) is 5.91 Å². The number of aromatic nitrogens is 1. The molecule has 1 rings (SSSR count). The fourth-order valence-electron chi connectivity index (χ4n) is 1.24. The zero-order valence-corrected chi connectivity index (χ0v) is 10.4. The predicted molar refractivity (Wildman–Crippen MR) is 64.7 cm³/mol. The molecule has 0 aliphatic carbocycles. The third-order valence-electron chi connectivity index (χ3n) is 2.88. The van der Waals surface area contributed by atoms with Crippen molar-refractivity contribution >= 4 is 5.91 Å². The van der Waals surface area contributed by atoms with E-state index in [1.54, 1.807) is 12.4 Å². The van der Waals surface area contributed by atoms with Gasteiger partial charge in [0.1, 0.15) is 0 Å². The lowest BCUT2D eigenvalue weighted by molar-refractivity contribution is -0.127. The molecule has 1 amide bonds. The monoisotopic (exact) mass is 220 g/mol. The van der Waals surface area contributed by atoms with E-state index < -0.39 is 0 Å². The molecule has 0 fully saturated rings. The molecule has 1 unspecified atom stereocenters. The first kappa shape index (κ1) is 12.7. The van der Waals surface area contributed by atoms with E-state index in [1.165, 1.54) is 0 Å². The van der Waals surface area contributed by atoms with E-state index in [1.807, 2.05) is 19.1 Å². The summed E-state index contributed by atoms with van der Waals surface area (Å²) in [5.74, 6) is 0.0977. The van der Waals surface area contributed by atoms with Gasteiger partial charge in [-0.25, -0.2) is 0 Å². The van der Waals surface area contributed by atoms with Gasteiger partial charge in [-0.15, -0.1) is 0 Å². The Bertz CT molecular complexity index is 341. The highest BCUT2D eigenvalue weighted by Gasteiger charge is 2.26. The highest BCUT2D eigenvalue weighted by atomic mass is 16.1. The minimum atomic E-state index is -0.000971. The Morgan fingerprint density at radius 2 is 2.19 bits per heavy atom. The fraction of sp³-hybridized carbons (Fsp3) is 0.538. The summed E-state index contributed by atoms with van der Waals surface area (Å²) in [7, 11) is 0. The quantitative estimate of drug-likeness (QED) is 0.849. The zero-order chi connectivity index (χ0) is 12.2. The second-order valence-corrected chi connectivity index (χ2v) is 5.17. The average molecular weight is 220 g/mol. The molecule has 3 heteroatoms. The molecule has 0 aromatic carbocycles. The normalized spacial score (nSPS) is 13.2. The van der Waals surface area contributed by atoms with Crippen molar-refractivity contribution in [1.29, 1.82) is 0 Å². The topological polar surface area (TPSA) is 42.0 Å². The van der Waals surface area contributed by atoms with Crippen LogP contribution in [0.2, 0.25) is 0 Å². The largest absolute Gasteiger partial charge is 0.352 e. The summed E-state index contributed by atoms with van der Waals surface area (Å²) in [6, 6.07) is 3.82. The molecule has 1 heterocycles. The molecule has 0 spiro atoms. The maximum atomic E-state index is 11.8. The van der Waals surface area contributed by atoms with Crippen molar-refractivity contribution in [3.8, 4) is 0 Å². The van der Waals surface area contributed by atoms with Gasteiger partial charge in [0, 0.05) is 24.9 Å². The molecule has 1 atom stereocenters. The number of nitrogens with zero attached hydrogens (tertiary/aromatic N) is 1. The van der Waals surface area contributed by atoms with Gasteiger partial charge in [-0.2, -0.15) is 0 Å². The Labute approximate surface area is 97.3 Å². The fourth-order valence-corrected chi connectivity index (χ4v) is 1.24. The van der Waals surface area contributed by atoms with Crippen molar-refractivity contribution in [3.63, 3.8) is 0 Å². The van der Waals surface area contributed by atoms with Gasteiger partial charge in [-0.3, -0.25) is 9.78 Å². The zero-order valence-electron chi connectivity index (χ0n) is 10.4. The molecule has 1 aromatic rings. The van der Waals surface area contributed by atoms with Crippen molar-refractivity contribution in [3.05, 3.63) is 30.1 Å². The summed E-state index contributed by atoms with van der Waals surface area (Å²) in [6.45, 7) is 8.72. The van der Waals surface area contributed by atoms with Gasteiger partial charge in [0.15, 0.2) is 0 Å². The number of rotatable bonds is 3. The maximum absolute atomic E-state index is 11.8. The predicted octanol–water partition coefficient (Wildman–Crippen LogP) is 2.38. The number of pyridine rings is 1. The molecular formula is C13H20N2O. The number of hydrogen-bond donors (Lipinski definition) is 1. The molecule has 88 valence electrons. The minimum Gasteiger partial charge on any atom is -0.352 e. The van der Waals surface area contributed by atoms with Crippen LogP contribution in [0.3, 0.4) is 0 Å². The summed E-state index contributed by atoms with van der Waals surface area (Å²) >= 11 is 0. The average Bonchev–Trinajstić information content (AvgIpc) is 2.25. The minimum absolute atomic E-state index is 0.000971. The van der Waals surface area contributed by atoms with Gasteiger partial charge in [0.25, 0.3) is 0 Å². The van der Waals surface area contributed by atoms with Gasteiger partial charge >= 0.3 is 0 Å². The lowest BCUT2D eigenvalue weighted by Crippen LogP contribution is -2.35. The molecule has 1 N–H and O–H groups in total. The van der Waals surface area contributed by atoms with E-state index in [9.17, 15) is 4.79 Å². The molecule has 0 radical (unpaired) electrons. The summed E-state index contributed by atoms with van der Waals surface area (Å²) < 4.78 is 0. The molecule has 3 nitrogen and oxygen atoms in total.